The van der Waals surface area contributed by atoms with Crippen LogP contribution in [0.3, 0.4) is 0 Å². The fourth-order valence-corrected chi connectivity index (χ4v) is 4.92. The number of amides is 4. The average Bonchev–Trinajstić information content (AvgIpc) is 3.31. The van der Waals surface area contributed by atoms with E-state index in [-0.39, 0.29) is 27.2 Å². The summed E-state index contributed by atoms with van der Waals surface area (Å²) in [5.41, 5.74) is 1.57. The van der Waals surface area contributed by atoms with E-state index in [2.05, 4.69) is 15.3 Å². The summed E-state index contributed by atoms with van der Waals surface area (Å²) in [5.74, 6) is 0. The molecule has 1 N–H and O–H groups in total. The van der Waals surface area contributed by atoms with Crippen molar-refractivity contribution in [1.29, 1.82) is 0 Å². The highest BCUT2D eigenvalue weighted by molar-refractivity contribution is 8.08. The highest BCUT2D eigenvalue weighted by Crippen LogP contribution is 2.32. The zero-order valence-electron chi connectivity index (χ0n) is 17.4. The highest BCUT2D eigenvalue weighted by atomic mass is 32.2. The largest absolute Gasteiger partial charge is 0.369 e. The van der Waals surface area contributed by atoms with Crippen LogP contribution in [0.15, 0.2) is 63.4 Å². The predicted molar refractivity (Wildman–Crippen MR) is 119 cm³/mol. The standard InChI is InChI=1S/C22H22N4O4S/c1-22(2,3)25-21(28)26-12-11-15-13-16(9-10-17(15)26)31(29,30)19-18(23-20(27)24-19)14-7-5-4-6-8-14/h4-10,13H,11-12H2,1-3H3,(H,25,28). The van der Waals surface area contributed by atoms with Crippen molar-refractivity contribution < 1.29 is 18.0 Å². The lowest BCUT2D eigenvalue weighted by Crippen LogP contribution is -2.48. The van der Waals surface area contributed by atoms with Gasteiger partial charge in [0.15, 0.2) is 5.04 Å². The molecular weight excluding hydrogens is 416 g/mol. The Hall–Kier alpha value is -3.33. The van der Waals surface area contributed by atoms with Gasteiger partial charge in [0.05, 0.1) is 4.90 Å². The molecule has 2 heterocycles. The van der Waals surface area contributed by atoms with Crippen molar-refractivity contribution in [2.24, 2.45) is 9.98 Å². The van der Waals surface area contributed by atoms with Gasteiger partial charge >= 0.3 is 12.1 Å². The number of fused-ring (bicyclic) bond motifs is 1. The summed E-state index contributed by atoms with van der Waals surface area (Å²) >= 11 is 0. The lowest BCUT2D eigenvalue weighted by molar-refractivity contribution is 0.238. The molecule has 0 spiro atoms. The van der Waals surface area contributed by atoms with Crippen LogP contribution >= 0.6 is 0 Å². The van der Waals surface area contributed by atoms with Crippen LogP contribution in [0.5, 0.6) is 0 Å². The van der Waals surface area contributed by atoms with Crippen LogP contribution in [0.1, 0.15) is 31.9 Å². The number of rotatable bonds is 2. The molecule has 0 saturated heterocycles. The zero-order chi connectivity index (χ0) is 22.4. The Labute approximate surface area is 180 Å². The maximum atomic E-state index is 13.3. The van der Waals surface area contributed by atoms with Crippen LogP contribution in [0.4, 0.5) is 15.3 Å². The first-order valence-electron chi connectivity index (χ1n) is 9.81. The maximum absolute atomic E-state index is 13.3. The van der Waals surface area contributed by atoms with Gasteiger partial charge in [0.2, 0.25) is 9.84 Å². The molecule has 0 unspecified atom stereocenters. The smallest absolute Gasteiger partial charge is 0.333 e. The van der Waals surface area contributed by atoms with Crippen LogP contribution in [0, 0.1) is 0 Å². The fourth-order valence-electron chi connectivity index (χ4n) is 3.54. The molecule has 0 bridgehead atoms. The third-order valence-electron chi connectivity index (χ3n) is 4.89. The van der Waals surface area contributed by atoms with E-state index in [1.54, 1.807) is 47.4 Å². The van der Waals surface area contributed by atoms with E-state index < -0.39 is 15.9 Å². The van der Waals surface area contributed by atoms with Gasteiger partial charge in [-0.3, -0.25) is 4.90 Å². The van der Waals surface area contributed by atoms with Crippen LogP contribution in [0.2, 0.25) is 0 Å². The molecule has 0 radical (unpaired) electrons. The third kappa shape index (κ3) is 4.00. The van der Waals surface area contributed by atoms with Crippen molar-refractivity contribution in [3.63, 3.8) is 0 Å². The number of anilines is 1. The minimum Gasteiger partial charge on any atom is -0.333 e. The molecular formula is C22H22N4O4S. The van der Waals surface area contributed by atoms with Gasteiger partial charge in [0.1, 0.15) is 5.71 Å². The molecule has 0 aliphatic carbocycles. The number of sulfone groups is 1. The second-order valence-corrected chi connectivity index (χ2v) is 10.3. The first-order chi connectivity index (χ1) is 14.6. The number of carbonyl (C=O) groups excluding carboxylic acids is 2. The number of aliphatic imine (C=N–C) groups is 2. The van der Waals surface area contributed by atoms with Gasteiger partial charge in [-0.25, -0.2) is 18.0 Å². The molecule has 4 rings (SSSR count). The summed E-state index contributed by atoms with van der Waals surface area (Å²) in [4.78, 5) is 33.5. The van der Waals surface area contributed by atoms with E-state index in [0.29, 0.717) is 24.2 Å². The third-order valence-corrected chi connectivity index (χ3v) is 6.56. The Morgan fingerprint density at radius 2 is 1.77 bits per heavy atom. The summed E-state index contributed by atoms with van der Waals surface area (Å²) in [6.07, 6.45) is 0.529. The summed E-state index contributed by atoms with van der Waals surface area (Å²) in [7, 11) is -4.08. The number of hydrogen-bond donors (Lipinski definition) is 1. The second kappa shape index (κ2) is 7.42. The lowest BCUT2D eigenvalue weighted by Gasteiger charge is -2.26. The van der Waals surface area contributed by atoms with E-state index in [1.165, 1.54) is 6.07 Å². The van der Waals surface area contributed by atoms with Gasteiger partial charge in [0, 0.05) is 23.3 Å². The molecule has 2 aromatic carbocycles. The quantitative estimate of drug-likeness (QED) is 0.775. The van der Waals surface area contributed by atoms with E-state index in [0.717, 1.165) is 5.56 Å². The molecule has 4 amide bonds. The van der Waals surface area contributed by atoms with Crippen molar-refractivity contribution in [3.05, 3.63) is 59.7 Å². The molecule has 2 aromatic rings. The van der Waals surface area contributed by atoms with Gasteiger partial charge in [-0.05, 0) is 51.0 Å². The van der Waals surface area contributed by atoms with Crippen LogP contribution < -0.4 is 10.2 Å². The van der Waals surface area contributed by atoms with Crippen molar-refractivity contribution in [3.8, 4) is 0 Å². The lowest BCUT2D eigenvalue weighted by atomic mass is 10.1. The number of nitrogens with zero attached hydrogens (tertiary/aromatic N) is 3. The Morgan fingerprint density at radius 3 is 2.45 bits per heavy atom. The summed E-state index contributed by atoms with van der Waals surface area (Å²) in [5, 5.41) is 2.56. The van der Waals surface area contributed by atoms with Gasteiger partial charge in [-0.15, -0.1) is 0 Å². The molecule has 31 heavy (non-hydrogen) atoms. The Morgan fingerprint density at radius 1 is 1.06 bits per heavy atom. The van der Waals surface area contributed by atoms with Crippen molar-refractivity contribution in [2.45, 2.75) is 37.6 Å². The van der Waals surface area contributed by atoms with Crippen LogP contribution in [0.25, 0.3) is 0 Å². The zero-order valence-corrected chi connectivity index (χ0v) is 18.2. The molecule has 2 aliphatic heterocycles. The summed E-state index contributed by atoms with van der Waals surface area (Å²) in [6.45, 7) is 6.14. The summed E-state index contributed by atoms with van der Waals surface area (Å²) in [6, 6.07) is 12.1. The van der Waals surface area contributed by atoms with Gasteiger partial charge < -0.3 is 5.32 Å². The number of benzene rings is 2. The molecule has 0 aromatic heterocycles. The van der Waals surface area contributed by atoms with Crippen molar-refractivity contribution in [2.75, 3.05) is 11.4 Å². The molecule has 0 saturated carbocycles. The molecule has 160 valence electrons. The summed E-state index contributed by atoms with van der Waals surface area (Å²) < 4.78 is 26.6. The first kappa shape index (κ1) is 20.9. The molecule has 8 nitrogen and oxygen atoms in total. The monoisotopic (exact) mass is 438 g/mol. The average molecular weight is 439 g/mol. The Bertz CT molecular complexity index is 1240. The first-order valence-corrected chi connectivity index (χ1v) is 11.3. The topological polar surface area (TPSA) is 108 Å². The SMILES string of the molecule is CC(C)(C)NC(=O)N1CCc2cc(S(=O)(=O)C3=NC(=O)N=C3c3ccccc3)ccc21. The maximum Gasteiger partial charge on any atom is 0.369 e. The minimum absolute atomic E-state index is 0.0152. The van der Waals surface area contributed by atoms with Crippen LogP contribution in [-0.4, -0.2) is 43.3 Å². The number of carbonyl (C=O) groups is 2. The molecule has 0 atom stereocenters. The van der Waals surface area contributed by atoms with E-state index in [4.69, 9.17) is 0 Å². The number of hydrogen-bond acceptors (Lipinski definition) is 4. The van der Waals surface area contributed by atoms with Gasteiger partial charge in [-0.1, -0.05) is 30.3 Å². The number of nitrogens with one attached hydrogen (secondary N) is 1. The fraction of sp³-hybridized carbons (Fsp3) is 0.273. The molecule has 0 fully saturated rings. The van der Waals surface area contributed by atoms with Gasteiger partial charge in [-0.2, -0.15) is 9.98 Å². The number of urea groups is 2. The van der Waals surface area contributed by atoms with E-state index in [1.807, 2.05) is 20.8 Å². The van der Waals surface area contributed by atoms with E-state index >= 15 is 0 Å². The normalized spacial score (nSPS) is 16.1. The Kier molecular flexibility index (Phi) is 5.01. The van der Waals surface area contributed by atoms with E-state index in [9.17, 15) is 18.0 Å². The van der Waals surface area contributed by atoms with Crippen molar-refractivity contribution in [1.82, 2.24) is 5.32 Å². The predicted octanol–water partition coefficient (Wildman–Crippen LogP) is 3.35. The van der Waals surface area contributed by atoms with Gasteiger partial charge in [0.25, 0.3) is 0 Å². The molecule has 2 aliphatic rings. The highest BCUT2D eigenvalue weighted by Gasteiger charge is 2.35. The minimum atomic E-state index is -4.08. The Balaban J connectivity index is 1.67. The molecule has 9 heteroatoms. The van der Waals surface area contributed by atoms with Crippen molar-refractivity contribution >= 4 is 38.3 Å². The van der Waals surface area contributed by atoms with Crippen LogP contribution in [-0.2, 0) is 16.3 Å². The second-order valence-electron chi connectivity index (χ2n) is 8.40.